The Hall–Kier alpha value is -2.93. The van der Waals surface area contributed by atoms with Gasteiger partial charge in [0.05, 0.1) is 15.2 Å². The van der Waals surface area contributed by atoms with Crippen molar-refractivity contribution in [1.82, 2.24) is 14.8 Å². The summed E-state index contributed by atoms with van der Waals surface area (Å²) < 4.78 is 1.21. The number of nitrogens with one attached hydrogen (secondary N) is 1. The van der Waals surface area contributed by atoms with E-state index < -0.39 is 0 Å². The Labute approximate surface area is 192 Å². The largest absolute Gasteiger partial charge is 0.342 e. The third-order valence-corrected chi connectivity index (χ3v) is 7.75. The summed E-state index contributed by atoms with van der Waals surface area (Å²) in [5, 5.41) is 4.09. The average Bonchev–Trinajstić information content (AvgIpc) is 3.29. The summed E-state index contributed by atoms with van der Waals surface area (Å²) in [6.07, 6.45) is 3.55. The van der Waals surface area contributed by atoms with Crippen molar-refractivity contribution in [2.75, 3.05) is 31.5 Å². The number of para-hydroxylation sites is 2. The lowest BCUT2D eigenvalue weighted by molar-refractivity contribution is -0.138. The van der Waals surface area contributed by atoms with E-state index in [1.807, 2.05) is 52.3 Å². The number of carbonyl (C=O) groups excluding carboxylic acids is 2. The summed E-state index contributed by atoms with van der Waals surface area (Å²) in [4.78, 5) is 34.5. The molecule has 2 aliphatic heterocycles. The second kappa shape index (κ2) is 9.28. The van der Waals surface area contributed by atoms with Gasteiger partial charge in [-0.3, -0.25) is 4.79 Å². The minimum Gasteiger partial charge on any atom is -0.342 e. The molecule has 6 nitrogen and oxygen atoms in total. The summed E-state index contributed by atoms with van der Waals surface area (Å²) in [5.74, 6) is 0.575. The van der Waals surface area contributed by atoms with Crippen LogP contribution in [0, 0.1) is 5.92 Å². The zero-order chi connectivity index (χ0) is 21.9. The van der Waals surface area contributed by atoms with Crippen molar-refractivity contribution in [3.8, 4) is 0 Å². The minimum atomic E-state index is -0.0871. The number of nitrogens with zero attached hydrogens (tertiary/aromatic N) is 3. The van der Waals surface area contributed by atoms with Crippen LogP contribution >= 0.6 is 11.3 Å². The first-order valence-electron chi connectivity index (χ1n) is 11.4. The van der Waals surface area contributed by atoms with Crippen LogP contribution in [0.2, 0.25) is 0 Å². The van der Waals surface area contributed by atoms with Crippen LogP contribution in [0.4, 0.5) is 10.5 Å². The van der Waals surface area contributed by atoms with Crippen molar-refractivity contribution in [1.29, 1.82) is 0 Å². The molecule has 32 heavy (non-hydrogen) atoms. The Kier molecular flexibility index (Phi) is 6.08. The fourth-order valence-corrected chi connectivity index (χ4v) is 5.85. The molecule has 3 heterocycles. The van der Waals surface area contributed by atoms with Gasteiger partial charge in [-0.2, -0.15) is 0 Å². The van der Waals surface area contributed by atoms with Crippen LogP contribution in [0.1, 0.15) is 36.6 Å². The summed E-state index contributed by atoms with van der Waals surface area (Å²) >= 11 is 1.76. The monoisotopic (exact) mass is 448 g/mol. The van der Waals surface area contributed by atoms with Crippen LogP contribution in [0.5, 0.6) is 0 Å². The molecule has 0 radical (unpaired) electrons. The maximum Gasteiger partial charge on any atom is 0.321 e. The Morgan fingerprint density at radius 2 is 1.66 bits per heavy atom. The number of aromatic nitrogens is 1. The summed E-state index contributed by atoms with van der Waals surface area (Å²) in [5.41, 5.74) is 1.85. The first-order valence-corrected chi connectivity index (χ1v) is 12.2. The van der Waals surface area contributed by atoms with Crippen molar-refractivity contribution in [3.05, 3.63) is 59.6 Å². The van der Waals surface area contributed by atoms with Crippen molar-refractivity contribution < 1.29 is 9.59 Å². The Morgan fingerprint density at radius 1 is 0.906 bits per heavy atom. The summed E-state index contributed by atoms with van der Waals surface area (Å²) in [6, 6.07) is 17.7. The molecule has 0 aliphatic carbocycles. The number of anilines is 1. The lowest BCUT2D eigenvalue weighted by atomic mass is 9.92. The van der Waals surface area contributed by atoms with E-state index in [1.165, 1.54) is 4.70 Å². The van der Waals surface area contributed by atoms with E-state index in [4.69, 9.17) is 4.98 Å². The molecule has 3 amide bonds. The second-order valence-electron chi connectivity index (χ2n) is 8.70. The molecule has 2 saturated heterocycles. The molecular weight excluding hydrogens is 420 g/mol. The molecule has 0 saturated carbocycles. The number of benzene rings is 2. The molecule has 0 bridgehead atoms. The van der Waals surface area contributed by atoms with Gasteiger partial charge < -0.3 is 15.1 Å². The van der Waals surface area contributed by atoms with E-state index >= 15 is 0 Å². The van der Waals surface area contributed by atoms with E-state index in [2.05, 4.69) is 17.4 Å². The highest BCUT2D eigenvalue weighted by atomic mass is 32.1. The average molecular weight is 449 g/mol. The number of piperidine rings is 2. The molecule has 0 spiro atoms. The van der Waals surface area contributed by atoms with Gasteiger partial charge in [-0.05, 0) is 49.9 Å². The number of rotatable bonds is 3. The Bertz CT molecular complexity index is 1060. The van der Waals surface area contributed by atoms with Crippen LogP contribution in [-0.4, -0.2) is 52.9 Å². The van der Waals surface area contributed by atoms with E-state index in [9.17, 15) is 9.59 Å². The summed E-state index contributed by atoms with van der Waals surface area (Å²) in [7, 11) is 0. The van der Waals surface area contributed by atoms with Crippen LogP contribution in [0.25, 0.3) is 10.2 Å². The van der Waals surface area contributed by atoms with Gasteiger partial charge in [0.15, 0.2) is 0 Å². The predicted octanol–water partition coefficient (Wildman–Crippen LogP) is 4.95. The molecule has 2 fully saturated rings. The van der Waals surface area contributed by atoms with Crippen molar-refractivity contribution in [3.63, 3.8) is 0 Å². The maximum atomic E-state index is 13.3. The number of hydrogen-bond acceptors (Lipinski definition) is 4. The smallest absolute Gasteiger partial charge is 0.321 e. The van der Waals surface area contributed by atoms with Gasteiger partial charge in [0.2, 0.25) is 5.91 Å². The lowest BCUT2D eigenvalue weighted by Gasteiger charge is -2.37. The van der Waals surface area contributed by atoms with Gasteiger partial charge in [0.25, 0.3) is 0 Å². The highest BCUT2D eigenvalue weighted by Crippen LogP contribution is 2.34. The zero-order valence-corrected chi connectivity index (χ0v) is 18.9. The number of likely N-dealkylation sites (tertiary alicyclic amines) is 2. The van der Waals surface area contributed by atoms with Crippen LogP contribution < -0.4 is 5.32 Å². The molecule has 3 aromatic rings. The maximum absolute atomic E-state index is 13.3. The van der Waals surface area contributed by atoms with Gasteiger partial charge in [-0.25, -0.2) is 9.78 Å². The molecule has 1 atom stereocenters. The second-order valence-corrected chi connectivity index (χ2v) is 9.76. The molecule has 1 aromatic heterocycles. The highest BCUT2D eigenvalue weighted by molar-refractivity contribution is 7.18. The van der Waals surface area contributed by atoms with Gasteiger partial charge in [-0.1, -0.05) is 30.3 Å². The first-order chi connectivity index (χ1) is 15.7. The Morgan fingerprint density at radius 3 is 2.44 bits per heavy atom. The number of urea groups is 1. The third-order valence-electron chi connectivity index (χ3n) is 6.55. The molecule has 1 N–H and O–H groups in total. The third kappa shape index (κ3) is 4.48. The summed E-state index contributed by atoms with van der Waals surface area (Å²) in [6.45, 7) is 2.82. The molecule has 2 aliphatic rings. The highest BCUT2D eigenvalue weighted by Gasteiger charge is 2.33. The van der Waals surface area contributed by atoms with Crippen LogP contribution in [-0.2, 0) is 4.79 Å². The van der Waals surface area contributed by atoms with Crippen molar-refractivity contribution >= 4 is 39.2 Å². The van der Waals surface area contributed by atoms with Gasteiger partial charge in [-0.15, -0.1) is 11.3 Å². The topological polar surface area (TPSA) is 65.5 Å². The predicted molar refractivity (Wildman–Crippen MR) is 128 cm³/mol. The SMILES string of the molecule is O=C(Nc1ccccc1)N1CCC(C(=O)N2CCCC(c3nc4ccccc4s3)C2)CC1. The Balaban J connectivity index is 1.16. The number of hydrogen-bond donors (Lipinski definition) is 1. The fraction of sp³-hybridized carbons (Fsp3) is 0.400. The van der Waals surface area contributed by atoms with Crippen molar-refractivity contribution in [2.45, 2.75) is 31.6 Å². The van der Waals surface area contributed by atoms with Gasteiger partial charge in [0, 0.05) is 43.7 Å². The van der Waals surface area contributed by atoms with E-state index in [0.717, 1.165) is 55.0 Å². The van der Waals surface area contributed by atoms with Crippen LogP contribution in [0.15, 0.2) is 54.6 Å². The normalized spacial score (nSPS) is 19.8. The van der Waals surface area contributed by atoms with E-state index in [-0.39, 0.29) is 17.9 Å². The quantitative estimate of drug-likeness (QED) is 0.617. The fourth-order valence-electron chi connectivity index (χ4n) is 4.76. The zero-order valence-electron chi connectivity index (χ0n) is 18.1. The van der Waals surface area contributed by atoms with Gasteiger partial charge >= 0.3 is 6.03 Å². The van der Waals surface area contributed by atoms with Crippen molar-refractivity contribution in [2.24, 2.45) is 5.92 Å². The molecule has 166 valence electrons. The standard InChI is InChI=1S/C25H28N4O2S/c30-24(18-12-15-28(16-13-18)25(31)26-20-8-2-1-3-9-20)29-14-6-7-19(17-29)23-27-21-10-4-5-11-22(21)32-23/h1-5,8-11,18-19H,6-7,12-17H2,(H,26,31). The minimum absolute atomic E-state index is 0.00453. The molecule has 5 rings (SSSR count). The molecule has 2 aromatic carbocycles. The molecule has 7 heteroatoms. The number of amides is 3. The van der Waals surface area contributed by atoms with Crippen LogP contribution in [0.3, 0.4) is 0 Å². The van der Waals surface area contributed by atoms with E-state index in [0.29, 0.717) is 19.0 Å². The van der Waals surface area contributed by atoms with E-state index in [1.54, 1.807) is 11.3 Å². The molecular formula is C25H28N4O2S. The number of thiazole rings is 1. The first kappa shape index (κ1) is 20.9. The number of carbonyl (C=O) groups is 2. The lowest BCUT2D eigenvalue weighted by Crippen LogP contribution is -2.47. The number of fused-ring (bicyclic) bond motifs is 1. The molecule has 1 unspecified atom stereocenters. The van der Waals surface area contributed by atoms with Gasteiger partial charge in [0.1, 0.15) is 0 Å².